The Hall–Kier alpha value is -1.17. The molecule has 2 heterocycles. The molecule has 0 aliphatic carbocycles. The zero-order chi connectivity index (χ0) is 13.0. The number of morpholine rings is 1. The van der Waals surface area contributed by atoms with E-state index in [2.05, 4.69) is 10.3 Å². The summed E-state index contributed by atoms with van der Waals surface area (Å²) >= 11 is 0. The van der Waals surface area contributed by atoms with Crippen molar-refractivity contribution in [3.8, 4) is 0 Å². The number of nitrogens with zero attached hydrogens (tertiary/aromatic N) is 2. The molecular formula is C13H20ClN3O2. The summed E-state index contributed by atoms with van der Waals surface area (Å²) in [6, 6.07) is 3.87. The van der Waals surface area contributed by atoms with Crippen molar-refractivity contribution in [2.45, 2.75) is 19.1 Å². The van der Waals surface area contributed by atoms with Gasteiger partial charge in [0.15, 0.2) is 0 Å². The zero-order valence-corrected chi connectivity index (χ0v) is 12.0. The van der Waals surface area contributed by atoms with Crippen molar-refractivity contribution in [2.24, 2.45) is 0 Å². The monoisotopic (exact) mass is 285 g/mol. The van der Waals surface area contributed by atoms with Crippen molar-refractivity contribution in [1.82, 2.24) is 15.2 Å². The van der Waals surface area contributed by atoms with Crippen molar-refractivity contribution < 1.29 is 9.53 Å². The largest absolute Gasteiger partial charge is 0.366 e. The number of aromatic nitrogens is 1. The number of ether oxygens (including phenoxy) is 1. The van der Waals surface area contributed by atoms with Gasteiger partial charge in [-0.2, -0.15) is 0 Å². The third-order valence-electron chi connectivity index (χ3n) is 3.32. The molecule has 0 radical (unpaired) electrons. The Balaban J connectivity index is 0.00000180. The third kappa shape index (κ3) is 3.89. The van der Waals surface area contributed by atoms with E-state index in [4.69, 9.17) is 4.74 Å². The average Bonchev–Trinajstić information content (AvgIpc) is 2.47. The van der Waals surface area contributed by atoms with Gasteiger partial charge < -0.3 is 15.0 Å². The average molecular weight is 286 g/mol. The highest BCUT2D eigenvalue weighted by atomic mass is 35.5. The summed E-state index contributed by atoms with van der Waals surface area (Å²) in [7, 11) is 1.81. The first-order chi connectivity index (χ1) is 8.70. The summed E-state index contributed by atoms with van der Waals surface area (Å²) in [5.74, 6) is 0.0199. The van der Waals surface area contributed by atoms with Crippen LogP contribution in [0.15, 0.2) is 24.5 Å². The van der Waals surface area contributed by atoms with Crippen LogP contribution in [0.3, 0.4) is 0 Å². The fraction of sp³-hybridized carbons (Fsp3) is 0.538. The lowest BCUT2D eigenvalue weighted by atomic mass is 10.1. The maximum Gasteiger partial charge on any atom is 0.253 e. The van der Waals surface area contributed by atoms with Crippen molar-refractivity contribution in [3.05, 3.63) is 30.1 Å². The van der Waals surface area contributed by atoms with E-state index < -0.39 is 0 Å². The second-order valence-corrected chi connectivity index (χ2v) is 4.47. The standard InChI is InChI=1S/C13H19N3O2.ClH/c1-10(11-3-5-14-6-4-11)16(2)13(17)12-9-15-7-8-18-12;/h3-6,10,12,15H,7-9H2,1-2H3;1H. The summed E-state index contributed by atoms with van der Waals surface area (Å²) in [6.45, 7) is 4.00. The molecule has 5 nitrogen and oxygen atoms in total. The highest BCUT2D eigenvalue weighted by Crippen LogP contribution is 2.19. The van der Waals surface area contributed by atoms with E-state index in [0.29, 0.717) is 13.2 Å². The Morgan fingerprint density at radius 1 is 1.53 bits per heavy atom. The summed E-state index contributed by atoms with van der Waals surface area (Å²) in [6.07, 6.45) is 3.11. The second-order valence-electron chi connectivity index (χ2n) is 4.47. The van der Waals surface area contributed by atoms with Gasteiger partial charge in [-0.3, -0.25) is 9.78 Å². The van der Waals surface area contributed by atoms with Gasteiger partial charge in [-0.15, -0.1) is 12.4 Å². The van der Waals surface area contributed by atoms with E-state index in [1.54, 1.807) is 17.3 Å². The van der Waals surface area contributed by atoms with E-state index >= 15 is 0 Å². The maximum absolute atomic E-state index is 12.3. The van der Waals surface area contributed by atoms with Crippen molar-refractivity contribution >= 4 is 18.3 Å². The molecule has 1 aliphatic rings. The Morgan fingerprint density at radius 3 is 2.79 bits per heavy atom. The van der Waals surface area contributed by atoms with Crippen LogP contribution in [0.2, 0.25) is 0 Å². The first kappa shape index (κ1) is 15.9. The Labute approximate surface area is 119 Å². The molecule has 106 valence electrons. The van der Waals surface area contributed by atoms with Crippen LogP contribution >= 0.6 is 12.4 Å². The number of carbonyl (C=O) groups excluding carboxylic acids is 1. The van der Waals surface area contributed by atoms with E-state index in [-0.39, 0.29) is 30.5 Å². The number of pyridine rings is 1. The van der Waals surface area contributed by atoms with Crippen LogP contribution in [0.5, 0.6) is 0 Å². The van der Waals surface area contributed by atoms with Crippen LogP contribution in [0.25, 0.3) is 0 Å². The molecule has 0 spiro atoms. The van der Waals surface area contributed by atoms with Crippen LogP contribution in [-0.2, 0) is 9.53 Å². The van der Waals surface area contributed by atoms with Gasteiger partial charge in [0, 0.05) is 32.5 Å². The molecule has 0 saturated carbocycles. The fourth-order valence-electron chi connectivity index (χ4n) is 2.01. The SMILES string of the molecule is CC(c1ccncc1)N(C)C(=O)C1CNCCO1.Cl. The molecule has 6 heteroatoms. The lowest BCUT2D eigenvalue weighted by Gasteiger charge is -2.31. The number of hydrogen-bond acceptors (Lipinski definition) is 4. The number of hydrogen-bond donors (Lipinski definition) is 1. The van der Waals surface area contributed by atoms with Crippen LogP contribution in [0.4, 0.5) is 0 Å². The minimum Gasteiger partial charge on any atom is -0.366 e. The molecule has 2 atom stereocenters. The van der Waals surface area contributed by atoms with Gasteiger partial charge in [0.1, 0.15) is 6.10 Å². The highest BCUT2D eigenvalue weighted by molar-refractivity contribution is 5.85. The van der Waals surface area contributed by atoms with Crippen LogP contribution in [-0.4, -0.2) is 48.6 Å². The molecule has 0 bridgehead atoms. The Bertz CT molecular complexity index is 396. The summed E-state index contributed by atoms with van der Waals surface area (Å²) in [5, 5.41) is 3.17. The quantitative estimate of drug-likeness (QED) is 0.901. The molecule has 19 heavy (non-hydrogen) atoms. The normalized spacial score (nSPS) is 20.2. The number of amides is 1. The van der Waals surface area contributed by atoms with Gasteiger partial charge in [-0.1, -0.05) is 0 Å². The number of likely N-dealkylation sites (N-methyl/N-ethyl adjacent to an activating group) is 1. The summed E-state index contributed by atoms with van der Waals surface area (Å²) in [4.78, 5) is 18.0. The molecule has 0 aromatic carbocycles. The van der Waals surface area contributed by atoms with E-state index in [1.807, 2.05) is 26.1 Å². The van der Waals surface area contributed by atoms with E-state index in [0.717, 1.165) is 12.1 Å². The minimum atomic E-state index is -0.368. The van der Waals surface area contributed by atoms with Crippen molar-refractivity contribution in [3.63, 3.8) is 0 Å². The predicted octanol–water partition coefficient (Wildman–Crippen LogP) is 1.01. The topological polar surface area (TPSA) is 54.5 Å². The fourth-order valence-corrected chi connectivity index (χ4v) is 2.01. The molecular weight excluding hydrogens is 266 g/mol. The molecule has 1 aliphatic heterocycles. The summed E-state index contributed by atoms with van der Waals surface area (Å²) in [5.41, 5.74) is 1.07. The second kappa shape index (κ2) is 7.43. The molecule has 1 aromatic heterocycles. The Kier molecular flexibility index (Phi) is 6.21. The first-order valence-corrected chi connectivity index (χ1v) is 6.19. The molecule has 1 fully saturated rings. The van der Waals surface area contributed by atoms with Crippen molar-refractivity contribution in [2.75, 3.05) is 26.7 Å². The predicted molar refractivity (Wildman–Crippen MR) is 75.3 cm³/mol. The number of nitrogens with one attached hydrogen (secondary N) is 1. The van der Waals surface area contributed by atoms with E-state index in [1.165, 1.54) is 0 Å². The Morgan fingerprint density at radius 2 is 2.21 bits per heavy atom. The number of carbonyl (C=O) groups is 1. The van der Waals surface area contributed by atoms with Gasteiger partial charge in [-0.25, -0.2) is 0 Å². The molecule has 2 unspecified atom stereocenters. The zero-order valence-electron chi connectivity index (χ0n) is 11.2. The van der Waals surface area contributed by atoms with Crippen LogP contribution < -0.4 is 5.32 Å². The summed E-state index contributed by atoms with van der Waals surface area (Å²) < 4.78 is 5.48. The van der Waals surface area contributed by atoms with Crippen LogP contribution in [0, 0.1) is 0 Å². The third-order valence-corrected chi connectivity index (χ3v) is 3.32. The van der Waals surface area contributed by atoms with Crippen molar-refractivity contribution in [1.29, 1.82) is 0 Å². The highest BCUT2D eigenvalue weighted by Gasteiger charge is 2.27. The lowest BCUT2D eigenvalue weighted by molar-refractivity contribution is -0.145. The molecule has 1 N–H and O–H groups in total. The molecule has 1 amide bonds. The van der Waals surface area contributed by atoms with Gasteiger partial charge in [0.05, 0.1) is 12.6 Å². The van der Waals surface area contributed by atoms with Gasteiger partial charge in [0.2, 0.25) is 0 Å². The maximum atomic E-state index is 12.3. The van der Waals surface area contributed by atoms with Gasteiger partial charge in [-0.05, 0) is 24.6 Å². The number of halogens is 1. The van der Waals surface area contributed by atoms with Crippen LogP contribution in [0.1, 0.15) is 18.5 Å². The van der Waals surface area contributed by atoms with Gasteiger partial charge >= 0.3 is 0 Å². The first-order valence-electron chi connectivity index (χ1n) is 6.19. The minimum absolute atomic E-state index is 0. The lowest BCUT2D eigenvalue weighted by Crippen LogP contribution is -2.48. The molecule has 1 saturated heterocycles. The smallest absolute Gasteiger partial charge is 0.253 e. The number of rotatable bonds is 3. The van der Waals surface area contributed by atoms with E-state index in [9.17, 15) is 4.79 Å². The van der Waals surface area contributed by atoms with Gasteiger partial charge in [0.25, 0.3) is 5.91 Å². The molecule has 2 rings (SSSR count). The molecule has 1 aromatic rings.